The van der Waals surface area contributed by atoms with Crippen molar-refractivity contribution < 1.29 is 4.79 Å². The van der Waals surface area contributed by atoms with Crippen LogP contribution >= 0.6 is 0 Å². The summed E-state index contributed by atoms with van der Waals surface area (Å²) >= 11 is 0. The Balaban J connectivity index is 1.75. The minimum atomic E-state index is -0.153. The molecule has 19 heavy (non-hydrogen) atoms. The number of nitrogens with one attached hydrogen (secondary N) is 3. The molecule has 0 saturated carbocycles. The first kappa shape index (κ1) is 12.1. The number of fused-ring (bicyclic) bond motifs is 1. The second-order valence-corrected chi connectivity index (χ2v) is 4.76. The average molecular weight is 255 g/mol. The van der Waals surface area contributed by atoms with Crippen LogP contribution in [0.2, 0.25) is 0 Å². The van der Waals surface area contributed by atoms with Crippen molar-refractivity contribution in [3.63, 3.8) is 0 Å². The predicted octanol–water partition coefficient (Wildman–Crippen LogP) is 1.34. The first-order chi connectivity index (χ1) is 9.33. The van der Waals surface area contributed by atoms with Crippen LogP contribution in [-0.2, 0) is 4.79 Å². The van der Waals surface area contributed by atoms with Crippen molar-refractivity contribution in [1.82, 2.24) is 10.6 Å². The van der Waals surface area contributed by atoms with Gasteiger partial charge in [0.1, 0.15) is 0 Å². The molecule has 98 valence electrons. The SMILES string of the molecule is O=C(Nc1ccc2ccccc2c1)C1CNCCN1. The van der Waals surface area contributed by atoms with Crippen LogP contribution in [0.4, 0.5) is 5.69 Å². The molecule has 1 atom stereocenters. The Morgan fingerprint density at radius 1 is 1.11 bits per heavy atom. The van der Waals surface area contributed by atoms with E-state index < -0.39 is 0 Å². The van der Waals surface area contributed by atoms with Crippen molar-refractivity contribution in [2.24, 2.45) is 0 Å². The minimum absolute atomic E-state index is 0.0162. The van der Waals surface area contributed by atoms with Crippen molar-refractivity contribution in [2.75, 3.05) is 25.0 Å². The molecule has 1 heterocycles. The molecule has 1 unspecified atom stereocenters. The molecule has 0 bridgehead atoms. The Kier molecular flexibility index (Phi) is 3.44. The molecule has 0 radical (unpaired) electrons. The molecule has 0 aromatic heterocycles. The van der Waals surface area contributed by atoms with Gasteiger partial charge in [-0.3, -0.25) is 4.79 Å². The molecule has 0 aliphatic carbocycles. The largest absolute Gasteiger partial charge is 0.325 e. The highest BCUT2D eigenvalue weighted by atomic mass is 16.2. The lowest BCUT2D eigenvalue weighted by Gasteiger charge is -2.23. The first-order valence-corrected chi connectivity index (χ1v) is 6.57. The van der Waals surface area contributed by atoms with Gasteiger partial charge in [0, 0.05) is 25.3 Å². The van der Waals surface area contributed by atoms with E-state index in [9.17, 15) is 4.79 Å². The van der Waals surface area contributed by atoms with Gasteiger partial charge in [-0.1, -0.05) is 30.3 Å². The molecule has 1 saturated heterocycles. The predicted molar refractivity (Wildman–Crippen MR) is 77.2 cm³/mol. The molecular weight excluding hydrogens is 238 g/mol. The Morgan fingerprint density at radius 3 is 2.74 bits per heavy atom. The maximum Gasteiger partial charge on any atom is 0.242 e. The lowest BCUT2D eigenvalue weighted by atomic mass is 10.1. The standard InChI is InChI=1S/C15H17N3O/c19-15(14-10-16-7-8-17-14)18-13-6-5-11-3-1-2-4-12(11)9-13/h1-6,9,14,16-17H,7-8,10H2,(H,18,19). The minimum Gasteiger partial charge on any atom is -0.325 e. The maximum absolute atomic E-state index is 12.1. The fraction of sp³-hybridized carbons (Fsp3) is 0.267. The van der Waals surface area contributed by atoms with E-state index in [4.69, 9.17) is 0 Å². The Labute approximate surface area is 112 Å². The second kappa shape index (κ2) is 5.38. The van der Waals surface area contributed by atoms with Crippen molar-refractivity contribution in [2.45, 2.75) is 6.04 Å². The molecule has 3 rings (SSSR count). The smallest absolute Gasteiger partial charge is 0.242 e. The lowest BCUT2D eigenvalue weighted by Crippen LogP contribution is -2.54. The second-order valence-electron chi connectivity index (χ2n) is 4.76. The van der Waals surface area contributed by atoms with E-state index in [2.05, 4.69) is 22.0 Å². The molecule has 4 heteroatoms. The first-order valence-electron chi connectivity index (χ1n) is 6.57. The fourth-order valence-electron chi connectivity index (χ4n) is 2.34. The average Bonchev–Trinajstić information content (AvgIpc) is 2.48. The third-order valence-electron chi connectivity index (χ3n) is 3.37. The van der Waals surface area contributed by atoms with Gasteiger partial charge >= 0.3 is 0 Å². The summed E-state index contributed by atoms with van der Waals surface area (Å²) in [5.41, 5.74) is 0.844. The van der Waals surface area contributed by atoms with Crippen LogP contribution in [0.15, 0.2) is 42.5 Å². The molecule has 1 fully saturated rings. The van der Waals surface area contributed by atoms with Crippen molar-refractivity contribution in [1.29, 1.82) is 0 Å². The van der Waals surface area contributed by atoms with E-state index in [0.29, 0.717) is 6.54 Å². The number of carbonyl (C=O) groups excluding carboxylic acids is 1. The number of piperazine rings is 1. The highest BCUT2D eigenvalue weighted by molar-refractivity contribution is 5.97. The van der Waals surface area contributed by atoms with Gasteiger partial charge < -0.3 is 16.0 Å². The van der Waals surface area contributed by atoms with E-state index in [1.165, 1.54) is 5.39 Å². The molecular formula is C15H17N3O. The molecule has 4 nitrogen and oxygen atoms in total. The number of rotatable bonds is 2. The quantitative estimate of drug-likeness (QED) is 0.759. The van der Waals surface area contributed by atoms with Gasteiger partial charge in [0.15, 0.2) is 0 Å². The van der Waals surface area contributed by atoms with Crippen LogP contribution < -0.4 is 16.0 Å². The van der Waals surface area contributed by atoms with Gasteiger partial charge in [0.25, 0.3) is 0 Å². The normalized spacial score (nSPS) is 19.3. The Bertz CT molecular complexity index is 591. The molecule has 2 aromatic carbocycles. The van der Waals surface area contributed by atoms with Crippen molar-refractivity contribution >= 4 is 22.4 Å². The van der Waals surface area contributed by atoms with Crippen LogP contribution in [0.3, 0.4) is 0 Å². The van der Waals surface area contributed by atoms with Crippen molar-refractivity contribution in [3.05, 3.63) is 42.5 Å². The summed E-state index contributed by atoms with van der Waals surface area (Å²) < 4.78 is 0. The lowest BCUT2D eigenvalue weighted by molar-refractivity contribution is -0.118. The fourth-order valence-corrected chi connectivity index (χ4v) is 2.34. The van der Waals surface area contributed by atoms with Gasteiger partial charge in [0.05, 0.1) is 6.04 Å². The zero-order valence-corrected chi connectivity index (χ0v) is 10.6. The Hall–Kier alpha value is -1.91. The van der Waals surface area contributed by atoms with Crippen LogP contribution in [0.1, 0.15) is 0 Å². The number of amides is 1. The summed E-state index contributed by atoms with van der Waals surface area (Å²) in [6.07, 6.45) is 0. The summed E-state index contributed by atoms with van der Waals surface area (Å²) in [7, 11) is 0. The molecule has 1 aliphatic rings. The number of hydrogen-bond acceptors (Lipinski definition) is 3. The summed E-state index contributed by atoms with van der Waals surface area (Å²) in [4.78, 5) is 12.1. The number of hydrogen-bond donors (Lipinski definition) is 3. The van der Waals surface area contributed by atoms with Crippen molar-refractivity contribution in [3.8, 4) is 0 Å². The van der Waals surface area contributed by atoms with Gasteiger partial charge in [-0.2, -0.15) is 0 Å². The van der Waals surface area contributed by atoms with Gasteiger partial charge in [-0.25, -0.2) is 0 Å². The van der Waals surface area contributed by atoms with Gasteiger partial charge in [-0.05, 0) is 22.9 Å². The zero-order valence-electron chi connectivity index (χ0n) is 10.6. The third kappa shape index (κ3) is 2.75. The topological polar surface area (TPSA) is 53.2 Å². The monoisotopic (exact) mass is 255 g/mol. The highest BCUT2D eigenvalue weighted by Gasteiger charge is 2.20. The summed E-state index contributed by atoms with van der Waals surface area (Å²) in [5.74, 6) is 0.0162. The maximum atomic E-state index is 12.1. The molecule has 1 aliphatic heterocycles. The van der Waals surface area contributed by atoms with Crippen LogP contribution in [0.25, 0.3) is 10.8 Å². The third-order valence-corrected chi connectivity index (χ3v) is 3.37. The number of anilines is 1. The summed E-state index contributed by atoms with van der Waals surface area (Å²) in [6.45, 7) is 2.43. The molecule has 2 aromatic rings. The van der Waals surface area contributed by atoms with E-state index >= 15 is 0 Å². The zero-order chi connectivity index (χ0) is 13.1. The van der Waals surface area contributed by atoms with Gasteiger partial charge in [-0.15, -0.1) is 0 Å². The van der Waals surface area contributed by atoms with E-state index in [1.54, 1.807) is 0 Å². The van der Waals surface area contributed by atoms with Crippen LogP contribution in [-0.4, -0.2) is 31.6 Å². The Morgan fingerprint density at radius 2 is 1.95 bits per heavy atom. The van der Waals surface area contributed by atoms with Crippen LogP contribution in [0.5, 0.6) is 0 Å². The number of carbonyl (C=O) groups is 1. The molecule has 3 N–H and O–H groups in total. The number of benzene rings is 2. The van der Waals surface area contributed by atoms with E-state index in [-0.39, 0.29) is 11.9 Å². The summed E-state index contributed by atoms with van der Waals surface area (Å²) in [5, 5.41) is 11.7. The molecule has 1 amide bonds. The summed E-state index contributed by atoms with van der Waals surface area (Å²) in [6, 6.07) is 13.9. The van der Waals surface area contributed by atoms with Gasteiger partial charge in [0.2, 0.25) is 5.91 Å². The molecule has 0 spiro atoms. The van der Waals surface area contributed by atoms with E-state index in [0.717, 1.165) is 24.2 Å². The van der Waals surface area contributed by atoms with E-state index in [1.807, 2.05) is 36.4 Å². The highest BCUT2D eigenvalue weighted by Crippen LogP contribution is 2.18. The van der Waals surface area contributed by atoms with Crippen LogP contribution in [0, 0.1) is 0 Å².